The summed E-state index contributed by atoms with van der Waals surface area (Å²) in [5.74, 6) is -1.26. The summed E-state index contributed by atoms with van der Waals surface area (Å²) in [5, 5.41) is 17.8. The van der Waals surface area contributed by atoms with E-state index in [-0.39, 0.29) is 23.7 Å². The Hall–Kier alpha value is -3.42. The first-order chi connectivity index (χ1) is 11.6. The molecule has 0 saturated carbocycles. The minimum absolute atomic E-state index is 0.0268. The minimum atomic E-state index is -0.745. The van der Waals surface area contributed by atoms with Gasteiger partial charge in [0.25, 0.3) is 5.91 Å². The summed E-state index contributed by atoms with van der Waals surface area (Å²) < 4.78 is 0. The van der Waals surface area contributed by atoms with E-state index in [1.165, 1.54) is 17.3 Å². The number of nitrogens with one attached hydrogen (secondary N) is 1. The lowest BCUT2D eigenvalue weighted by atomic mass is 10.1. The molecule has 2 amide bonds. The summed E-state index contributed by atoms with van der Waals surface area (Å²) in [7, 11) is 0. The average Bonchev–Trinajstić information content (AvgIpc) is 3.03. The Morgan fingerprint density at radius 1 is 1.21 bits per heavy atom. The van der Waals surface area contributed by atoms with Crippen molar-refractivity contribution < 1.29 is 14.7 Å². The molecule has 1 unspecified atom stereocenters. The summed E-state index contributed by atoms with van der Waals surface area (Å²) in [5.41, 5.74) is 6.22. The molecule has 1 aromatic heterocycles. The summed E-state index contributed by atoms with van der Waals surface area (Å²) in [6, 6.07) is 11.2. The molecule has 0 aliphatic carbocycles. The second-order valence-electron chi connectivity index (χ2n) is 5.17. The molecule has 1 aromatic carbocycles. The molecule has 0 fully saturated rings. The van der Waals surface area contributed by atoms with E-state index < -0.39 is 17.9 Å². The van der Waals surface area contributed by atoms with Crippen LogP contribution in [0.3, 0.4) is 0 Å². The molecule has 1 aliphatic heterocycles. The number of aromatic nitrogens is 1. The summed E-state index contributed by atoms with van der Waals surface area (Å²) in [4.78, 5) is 27.9. The van der Waals surface area contributed by atoms with Crippen molar-refractivity contribution in [2.24, 2.45) is 10.8 Å². The van der Waals surface area contributed by atoms with Gasteiger partial charge in [-0.15, -0.1) is 0 Å². The molecule has 4 N–H and O–H groups in total. The summed E-state index contributed by atoms with van der Waals surface area (Å²) in [6.45, 7) is 0. The molecule has 0 bridgehead atoms. The fourth-order valence-corrected chi connectivity index (χ4v) is 2.36. The third-order valence-electron chi connectivity index (χ3n) is 3.54. The number of hydrogen-bond donors (Lipinski definition) is 3. The van der Waals surface area contributed by atoms with Crippen molar-refractivity contribution in [3.8, 4) is 5.75 Å². The number of rotatable bonds is 4. The van der Waals surface area contributed by atoms with Crippen molar-refractivity contribution in [3.05, 3.63) is 48.7 Å². The third-order valence-corrected chi connectivity index (χ3v) is 3.54. The first-order valence-electron chi connectivity index (χ1n) is 7.22. The van der Waals surface area contributed by atoms with Crippen LogP contribution in [0, 0.1) is 0 Å². The van der Waals surface area contributed by atoms with Gasteiger partial charge in [-0.05, 0) is 24.3 Å². The van der Waals surface area contributed by atoms with Crippen molar-refractivity contribution in [2.45, 2.75) is 12.5 Å². The number of nitrogens with zero attached hydrogens (tertiary/aromatic N) is 3. The topological polar surface area (TPSA) is 121 Å². The molecule has 0 spiro atoms. The van der Waals surface area contributed by atoms with Crippen LogP contribution in [-0.4, -0.2) is 33.7 Å². The minimum Gasteiger partial charge on any atom is -0.504 e. The number of hydrazone groups is 1. The highest BCUT2D eigenvalue weighted by Crippen LogP contribution is 2.25. The smallest absolute Gasteiger partial charge is 0.273 e. The molecule has 24 heavy (non-hydrogen) atoms. The van der Waals surface area contributed by atoms with Crippen LogP contribution >= 0.6 is 0 Å². The Balaban J connectivity index is 1.84. The Morgan fingerprint density at radius 2 is 1.96 bits per heavy atom. The van der Waals surface area contributed by atoms with Crippen LogP contribution in [-0.2, 0) is 9.59 Å². The summed E-state index contributed by atoms with van der Waals surface area (Å²) >= 11 is 0. The highest BCUT2D eigenvalue weighted by Gasteiger charge is 2.35. The molecular formula is C16H15N5O3. The first-order valence-corrected chi connectivity index (χ1v) is 7.22. The van der Waals surface area contributed by atoms with Crippen molar-refractivity contribution in [1.29, 1.82) is 0 Å². The molecule has 0 radical (unpaired) electrons. The number of carbonyl (C=O) groups excluding carboxylic acids is 2. The third kappa shape index (κ3) is 3.02. The highest BCUT2D eigenvalue weighted by molar-refractivity contribution is 6.44. The van der Waals surface area contributed by atoms with Gasteiger partial charge >= 0.3 is 0 Å². The Kier molecular flexibility index (Phi) is 4.11. The van der Waals surface area contributed by atoms with E-state index in [0.717, 1.165) is 0 Å². The van der Waals surface area contributed by atoms with E-state index in [9.17, 15) is 14.7 Å². The first kappa shape index (κ1) is 15.5. The van der Waals surface area contributed by atoms with Gasteiger partial charge in [0.05, 0.1) is 5.69 Å². The largest absolute Gasteiger partial charge is 0.504 e. The van der Waals surface area contributed by atoms with Gasteiger partial charge in [-0.2, -0.15) is 5.10 Å². The lowest BCUT2D eigenvalue weighted by Gasteiger charge is -2.20. The van der Waals surface area contributed by atoms with Gasteiger partial charge in [-0.25, -0.2) is 4.98 Å². The van der Waals surface area contributed by atoms with Gasteiger partial charge in [0.15, 0.2) is 11.6 Å². The number of benzene rings is 1. The molecular weight excluding hydrogens is 310 g/mol. The lowest BCUT2D eigenvalue weighted by Crippen LogP contribution is -2.39. The van der Waals surface area contributed by atoms with E-state index in [1.807, 2.05) is 6.07 Å². The van der Waals surface area contributed by atoms with E-state index in [4.69, 9.17) is 5.73 Å². The van der Waals surface area contributed by atoms with E-state index in [1.54, 1.807) is 30.3 Å². The SMILES string of the molecule is NC(=O)C1CC(C(=O)Nc2ncccc2O)=NN1c1ccccc1. The zero-order valence-corrected chi connectivity index (χ0v) is 12.6. The van der Waals surface area contributed by atoms with Gasteiger partial charge in [0.2, 0.25) is 5.91 Å². The summed E-state index contributed by atoms with van der Waals surface area (Å²) in [6.07, 6.45) is 1.51. The normalized spacial score (nSPS) is 16.6. The van der Waals surface area contributed by atoms with Crippen LogP contribution < -0.4 is 16.1 Å². The van der Waals surface area contributed by atoms with Gasteiger partial charge < -0.3 is 16.2 Å². The predicted octanol–water partition coefficient (Wildman–Crippen LogP) is 0.846. The Morgan fingerprint density at radius 3 is 2.62 bits per heavy atom. The van der Waals surface area contributed by atoms with Crippen molar-refractivity contribution in [2.75, 3.05) is 10.3 Å². The number of primary amides is 1. The number of para-hydroxylation sites is 1. The second-order valence-corrected chi connectivity index (χ2v) is 5.17. The van der Waals surface area contributed by atoms with E-state index in [2.05, 4.69) is 15.4 Å². The fraction of sp³-hybridized carbons (Fsp3) is 0.125. The molecule has 2 aromatic rings. The maximum Gasteiger partial charge on any atom is 0.273 e. The number of nitrogens with two attached hydrogens (primary N) is 1. The van der Waals surface area contributed by atoms with Crippen LogP contribution in [0.1, 0.15) is 6.42 Å². The second kappa shape index (κ2) is 6.37. The molecule has 3 rings (SSSR count). The van der Waals surface area contributed by atoms with Crippen LogP contribution in [0.15, 0.2) is 53.8 Å². The standard InChI is InChI=1S/C16H15N5O3/c17-14(23)12-9-11(20-21(12)10-5-2-1-3-6-10)16(24)19-15-13(22)7-4-8-18-15/h1-8,12,22H,9H2,(H2,17,23)(H,18,19,24). The molecule has 8 heteroatoms. The molecule has 0 saturated heterocycles. The van der Waals surface area contributed by atoms with Crippen LogP contribution in [0.25, 0.3) is 0 Å². The highest BCUT2D eigenvalue weighted by atomic mass is 16.3. The molecule has 1 aliphatic rings. The number of anilines is 2. The Labute approximate surface area is 137 Å². The number of hydrogen-bond acceptors (Lipinski definition) is 6. The van der Waals surface area contributed by atoms with Gasteiger partial charge in [0.1, 0.15) is 11.8 Å². The van der Waals surface area contributed by atoms with Crippen LogP contribution in [0.5, 0.6) is 5.75 Å². The number of amides is 2. The Bertz CT molecular complexity index is 806. The molecule has 8 nitrogen and oxygen atoms in total. The molecule has 1 atom stereocenters. The number of carbonyl (C=O) groups is 2. The van der Waals surface area contributed by atoms with E-state index >= 15 is 0 Å². The maximum absolute atomic E-state index is 12.3. The quantitative estimate of drug-likeness (QED) is 0.769. The van der Waals surface area contributed by atoms with Crippen molar-refractivity contribution >= 4 is 29.0 Å². The van der Waals surface area contributed by atoms with E-state index in [0.29, 0.717) is 5.69 Å². The zero-order chi connectivity index (χ0) is 17.1. The molecule has 122 valence electrons. The predicted molar refractivity (Wildman–Crippen MR) is 88.5 cm³/mol. The number of aromatic hydroxyl groups is 1. The lowest BCUT2D eigenvalue weighted by molar-refractivity contribution is -0.119. The van der Waals surface area contributed by atoms with Gasteiger partial charge in [0, 0.05) is 12.6 Å². The van der Waals surface area contributed by atoms with Crippen LogP contribution in [0.4, 0.5) is 11.5 Å². The average molecular weight is 325 g/mol. The zero-order valence-electron chi connectivity index (χ0n) is 12.6. The van der Waals surface area contributed by atoms with Gasteiger partial charge in [-0.3, -0.25) is 14.6 Å². The van der Waals surface area contributed by atoms with Crippen molar-refractivity contribution in [1.82, 2.24) is 4.98 Å². The van der Waals surface area contributed by atoms with Crippen molar-refractivity contribution in [3.63, 3.8) is 0 Å². The molecule has 2 heterocycles. The monoisotopic (exact) mass is 325 g/mol. The van der Waals surface area contributed by atoms with Crippen LogP contribution in [0.2, 0.25) is 0 Å². The maximum atomic E-state index is 12.3. The van der Waals surface area contributed by atoms with Gasteiger partial charge in [-0.1, -0.05) is 18.2 Å². The number of pyridine rings is 1. The fourth-order valence-electron chi connectivity index (χ4n) is 2.36.